The second kappa shape index (κ2) is 3.35. The molecular weight excluding hydrogens is 216 g/mol. The minimum Gasteiger partial charge on any atom is -0.494 e. The fourth-order valence-corrected chi connectivity index (χ4v) is 2.01. The molecule has 0 radical (unpaired) electrons. The predicted octanol–water partition coefficient (Wildman–Crippen LogP) is 1.78. The zero-order valence-electron chi connectivity index (χ0n) is 9.64. The van der Waals surface area contributed by atoms with Gasteiger partial charge in [0.2, 0.25) is 5.95 Å². The Morgan fingerprint density at radius 3 is 2.88 bits per heavy atom. The van der Waals surface area contributed by atoms with E-state index in [1.807, 2.05) is 31.3 Å². The van der Waals surface area contributed by atoms with E-state index in [9.17, 15) is 0 Å². The summed E-state index contributed by atoms with van der Waals surface area (Å²) in [5.41, 5.74) is 8.38. The molecule has 0 saturated heterocycles. The van der Waals surface area contributed by atoms with Crippen LogP contribution in [0.2, 0.25) is 0 Å². The summed E-state index contributed by atoms with van der Waals surface area (Å²) in [5.74, 6) is 1.12. The fourth-order valence-electron chi connectivity index (χ4n) is 2.01. The highest BCUT2D eigenvalue weighted by Crippen LogP contribution is 2.27. The van der Waals surface area contributed by atoms with Gasteiger partial charge in [-0.25, -0.2) is 9.97 Å². The van der Waals surface area contributed by atoms with Crippen LogP contribution in [0.3, 0.4) is 0 Å². The Kier molecular flexibility index (Phi) is 1.95. The van der Waals surface area contributed by atoms with E-state index in [1.165, 1.54) is 0 Å². The molecular formula is C12H12N4O. The van der Waals surface area contributed by atoms with Crippen LogP contribution >= 0.6 is 0 Å². The molecule has 0 saturated carbocycles. The molecule has 3 rings (SSSR count). The summed E-state index contributed by atoms with van der Waals surface area (Å²) < 4.78 is 7.07. The van der Waals surface area contributed by atoms with Gasteiger partial charge in [-0.3, -0.25) is 4.40 Å². The van der Waals surface area contributed by atoms with Gasteiger partial charge in [-0.1, -0.05) is 6.07 Å². The van der Waals surface area contributed by atoms with Gasteiger partial charge in [0.05, 0.1) is 12.8 Å². The molecule has 0 aliphatic carbocycles. The largest absolute Gasteiger partial charge is 0.494 e. The average Bonchev–Trinajstić information content (AvgIpc) is 2.71. The lowest BCUT2D eigenvalue weighted by Crippen LogP contribution is -2.01. The summed E-state index contributed by atoms with van der Waals surface area (Å²) in [6, 6.07) is 5.75. The van der Waals surface area contributed by atoms with Crippen molar-refractivity contribution in [3.05, 3.63) is 30.1 Å². The Hall–Kier alpha value is -2.30. The van der Waals surface area contributed by atoms with E-state index in [4.69, 9.17) is 10.5 Å². The van der Waals surface area contributed by atoms with E-state index in [2.05, 4.69) is 9.97 Å². The van der Waals surface area contributed by atoms with Crippen molar-refractivity contribution in [2.24, 2.45) is 0 Å². The van der Waals surface area contributed by atoms with E-state index in [0.717, 1.165) is 22.2 Å². The van der Waals surface area contributed by atoms with E-state index < -0.39 is 0 Å². The standard InChI is InChI=1S/C12H12N4O/c1-7-6-16-11(14-7)8-4-3-5-9(17-2)10(8)15-12(16)13/h3-6H,1-2H3,(H2,13,15). The van der Waals surface area contributed by atoms with Gasteiger partial charge in [-0.15, -0.1) is 0 Å². The Labute approximate surface area is 97.9 Å². The van der Waals surface area contributed by atoms with Gasteiger partial charge in [0.1, 0.15) is 16.9 Å². The molecule has 0 aliphatic rings. The number of ether oxygens (including phenoxy) is 1. The molecule has 86 valence electrons. The number of hydrogen-bond acceptors (Lipinski definition) is 4. The first kappa shape index (κ1) is 9.89. The van der Waals surface area contributed by atoms with Crippen molar-refractivity contribution in [1.29, 1.82) is 0 Å². The van der Waals surface area contributed by atoms with E-state index in [0.29, 0.717) is 11.7 Å². The maximum absolute atomic E-state index is 5.92. The highest BCUT2D eigenvalue weighted by atomic mass is 16.5. The molecule has 2 N–H and O–H groups in total. The second-order valence-electron chi connectivity index (χ2n) is 3.90. The number of fused-ring (bicyclic) bond motifs is 3. The molecule has 2 heterocycles. The molecule has 2 aromatic heterocycles. The Morgan fingerprint density at radius 2 is 2.12 bits per heavy atom. The molecule has 0 unspecified atom stereocenters. The average molecular weight is 228 g/mol. The number of anilines is 1. The lowest BCUT2D eigenvalue weighted by Gasteiger charge is -2.07. The van der Waals surface area contributed by atoms with Crippen LogP contribution in [0.15, 0.2) is 24.4 Å². The molecule has 0 atom stereocenters. The minimum absolute atomic E-state index is 0.414. The van der Waals surface area contributed by atoms with Crippen molar-refractivity contribution < 1.29 is 4.74 Å². The maximum Gasteiger partial charge on any atom is 0.206 e. The third-order valence-corrected chi connectivity index (χ3v) is 2.76. The van der Waals surface area contributed by atoms with Gasteiger partial charge in [0, 0.05) is 11.6 Å². The number of aryl methyl sites for hydroxylation is 1. The van der Waals surface area contributed by atoms with E-state index in [-0.39, 0.29) is 0 Å². The molecule has 0 aliphatic heterocycles. The van der Waals surface area contributed by atoms with Gasteiger partial charge >= 0.3 is 0 Å². The summed E-state index contributed by atoms with van der Waals surface area (Å²) in [6.45, 7) is 1.93. The molecule has 0 spiro atoms. The van der Waals surface area contributed by atoms with Gasteiger partial charge in [0.15, 0.2) is 0 Å². The van der Waals surface area contributed by atoms with Crippen molar-refractivity contribution >= 4 is 22.5 Å². The zero-order chi connectivity index (χ0) is 12.0. The first-order valence-electron chi connectivity index (χ1n) is 5.28. The smallest absolute Gasteiger partial charge is 0.206 e. The van der Waals surface area contributed by atoms with Gasteiger partial charge < -0.3 is 10.5 Å². The number of nitrogen functional groups attached to an aromatic ring is 1. The number of para-hydroxylation sites is 1. The number of nitrogens with two attached hydrogens (primary N) is 1. The van der Waals surface area contributed by atoms with Gasteiger partial charge in [-0.05, 0) is 19.1 Å². The molecule has 0 fully saturated rings. The lowest BCUT2D eigenvalue weighted by atomic mass is 10.2. The van der Waals surface area contributed by atoms with Crippen LogP contribution in [0.5, 0.6) is 5.75 Å². The summed E-state index contributed by atoms with van der Waals surface area (Å²) in [5, 5.41) is 0.937. The second-order valence-corrected chi connectivity index (χ2v) is 3.90. The SMILES string of the molecule is COc1cccc2c1nc(N)n1cc(C)nc21. The van der Waals surface area contributed by atoms with Crippen LogP contribution in [0, 0.1) is 6.92 Å². The van der Waals surface area contributed by atoms with Crippen molar-refractivity contribution in [1.82, 2.24) is 14.4 Å². The molecule has 5 nitrogen and oxygen atoms in total. The first-order valence-corrected chi connectivity index (χ1v) is 5.28. The molecule has 3 aromatic rings. The summed E-state index contributed by atoms with van der Waals surface area (Å²) in [6.07, 6.45) is 1.87. The van der Waals surface area contributed by atoms with E-state index >= 15 is 0 Å². The van der Waals surface area contributed by atoms with Gasteiger partial charge in [-0.2, -0.15) is 0 Å². The monoisotopic (exact) mass is 228 g/mol. The zero-order valence-corrected chi connectivity index (χ0v) is 9.64. The normalized spacial score (nSPS) is 11.2. The first-order chi connectivity index (χ1) is 8.20. The number of rotatable bonds is 1. The number of methoxy groups -OCH3 is 1. The molecule has 1 aromatic carbocycles. The van der Waals surface area contributed by atoms with Crippen molar-refractivity contribution in [3.63, 3.8) is 0 Å². The number of aromatic nitrogens is 3. The van der Waals surface area contributed by atoms with Crippen molar-refractivity contribution in [2.45, 2.75) is 6.92 Å². The number of benzene rings is 1. The van der Waals surface area contributed by atoms with Crippen LogP contribution < -0.4 is 10.5 Å². The Bertz CT molecular complexity index is 717. The van der Waals surface area contributed by atoms with Gasteiger partial charge in [0.25, 0.3) is 0 Å². The summed E-state index contributed by atoms with van der Waals surface area (Å²) in [4.78, 5) is 8.83. The molecule has 5 heteroatoms. The summed E-state index contributed by atoms with van der Waals surface area (Å²) >= 11 is 0. The number of imidazole rings is 1. The van der Waals surface area contributed by atoms with Crippen LogP contribution in [0.4, 0.5) is 5.95 Å². The third kappa shape index (κ3) is 1.32. The number of nitrogens with zero attached hydrogens (tertiary/aromatic N) is 3. The highest BCUT2D eigenvalue weighted by Gasteiger charge is 2.11. The van der Waals surface area contributed by atoms with Crippen LogP contribution in [-0.4, -0.2) is 21.5 Å². The lowest BCUT2D eigenvalue weighted by molar-refractivity contribution is 0.419. The maximum atomic E-state index is 5.92. The minimum atomic E-state index is 0.414. The topological polar surface area (TPSA) is 65.4 Å². The Morgan fingerprint density at radius 1 is 1.29 bits per heavy atom. The molecule has 0 bridgehead atoms. The van der Waals surface area contributed by atoms with E-state index in [1.54, 1.807) is 11.5 Å². The number of hydrogen-bond donors (Lipinski definition) is 1. The molecule has 0 amide bonds. The predicted molar refractivity (Wildman–Crippen MR) is 66.2 cm³/mol. The molecule has 17 heavy (non-hydrogen) atoms. The fraction of sp³-hybridized carbons (Fsp3) is 0.167. The van der Waals surface area contributed by atoms with Crippen molar-refractivity contribution in [3.8, 4) is 5.75 Å². The third-order valence-electron chi connectivity index (χ3n) is 2.76. The highest BCUT2D eigenvalue weighted by molar-refractivity contribution is 5.96. The van der Waals surface area contributed by atoms with Crippen LogP contribution in [0.25, 0.3) is 16.6 Å². The van der Waals surface area contributed by atoms with Crippen molar-refractivity contribution in [2.75, 3.05) is 12.8 Å². The summed E-state index contributed by atoms with van der Waals surface area (Å²) in [7, 11) is 1.62. The van der Waals surface area contributed by atoms with Crippen LogP contribution in [-0.2, 0) is 0 Å². The Balaban J connectivity index is 2.56. The quantitative estimate of drug-likeness (QED) is 0.689. The van der Waals surface area contributed by atoms with Crippen LogP contribution in [0.1, 0.15) is 5.69 Å².